The van der Waals surface area contributed by atoms with Crippen LogP contribution >= 0.6 is 0 Å². The van der Waals surface area contributed by atoms with Gasteiger partial charge >= 0.3 is 0 Å². The van der Waals surface area contributed by atoms with E-state index in [-0.39, 0.29) is 30.8 Å². The van der Waals surface area contributed by atoms with Crippen molar-refractivity contribution in [3.8, 4) is 0 Å². The molecule has 0 rings (SSSR count). The van der Waals surface area contributed by atoms with Gasteiger partial charge in [0.05, 0.1) is 19.1 Å². The van der Waals surface area contributed by atoms with Gasteiger partial charge in [-0.1, -0.05) is 13.8 Å². The summed E-state index contributed by atoms with van der Waals surface area (Å²) in [7, 11) is 2.95. The van der Waals surface area contributed by atoms with Crippen molar-refractivity contribution in [2.75, 3.05) is 27.3 Å². The van der Waals surface area contributed by atoms with Crippen LogP contribution in [0.4, 0.5) is 0 Å². The van der Waals surface area contributed by atoms with Crippen molar-refractivity contribution in [1.29, 1.82) is 0 Å². The van der Waals surface area contributed by atoms with Crippen LogP contribution in [0.1, 0.15) is 13.8 Å². The van der Waals surface area contributed by atoms with Crippen molar-refractivity contribution in [2.45, 2.75) is 26.2 Å². The molecule has 0 heterocycles. The van der Waals surface area contributed by atoms with Crippen molar-refractivity contribution in [1.82, 2.24) is 10.6 Å². The van der Waals surface area contributed by atoms with Crippen LogP contribution in [-0.2, 0) is 19.1 Å². The third-order valence-corrected chi connectivity index (χ3v) is 2.44. The van der Waals surface area contributed by atoms with Gasteiger partial charge in [0.25, 0.3) is 0 Å². The summed E-state index contributed by atoms with van der Waals surface area (Å²) in [5.74, 6) is -0.631. The molecule has 7 nitrogen and oxygen atoms in total. The van der Waals surface area contributed by atoms with E-state index < -0.39 is 12.3 Å². The Kier molecular flexibility index (Phi) is 8.27. The van der Waals surface area contributed by atoms with Gasteiger partial charge in [-0.3, -0.25) is 9.59 Å². The zero-order valence-electron chi connectivity index (χ0n) is 11.4. The first kappa shape index (κ1) is 16.8. The molecule has 0 saturated carbocycles. The van der Waals surface area contributed by atoms with Gasteiger partial charge in [0, 0.05) is 14.2 Å². The average Bonchev–Trinajstić information content (AvgIpc) is 2.35. The number of carbonyl (C=O) groups excluding carboxylic acids is 2. The maximum absolute atomic E-state index is 11.5. The molecule has 2 amide bonds. The van der Waals surface area contributed by atoms with Crippen LogP contribution in [0, 0.1) is 5.92 Å². The van der Waals surface area contributed by atoms with E-state index in [9.17, 15) is 9.59 Å². The maximum Gasteiger partial charge on any atom is 0.239 e. The highest BCUT2D eigenvalue weighted by Gasteiger charge is 2.17. The van der Waals surface area contributed by atoms with E-state index in [1.54, 1.807) is 0 Å². The Hall–Kier alpha value is -1.18. The summed E-state index contributed by atoms with van der Waals surface area (Å²) >= 11 is 0. The van der Waals surface area contributed by atoms with Gasteiger partial charge in [0.15, 0.2) is 6.29 Å². The molecule has 0 radical (unpaired) electrons. The van der Waals surface area contributed by atoms with Crippen molar-refractivity contribution in [3.63, 3.8) is 0 Å². The molecular weight excluding hydrogens is 238 g/mol. The Morgan fingerprint density at radius 1 is 1.17 bits per heavy atom. The van der Waals surface area contributed by atoms with E-state index in [2.05, 4.69) is 10.6 Å². The SMILES string of the molecule is COC(CNC(=O)CNC(=O)[C@@H](N)C(C)C)OC. The molecule has 0 bridgehead atoms. The van der Waals surface area contributed by atoms with Gasteiger partial charge in [-0.15, -0.1) is 0 Å². The highest BCUT2D eigenvalue weighted by atomic mass is 16.7. The summed E-state index contributed by atoms with van der Waals surface area (Å²) < 4.78 is 9.80. The summed E-state index contributed by atoms with van der Waals surface area (Å²) in [4.78, 5) is 22.9. The van der Waals surface area contributed by atoms with E-state index in [4.69, 9.17) is 15.2 Å². The molecule has 18 heavy (non-hydrogen) atoms. The number of carbonyl (C=O) groups is 2. The second-order valence-corrected chi connectivity index (χ2v) is 4.19. The second-order valence-electron chi connectivity index (χ2n) is 4.19. The Labute approximate surface area is 107 Å². The van der Waals surface area contributed by atoms with Gasteiger partial charge in [-0.2, -0.15) is 0 Å². The summed E-state index contributed by atoms with van der Waals surface area (Å²) in [6.45, 7) is 3.79. The van der Waals surface area contributed by atoms with Crippen LogP contribution in [0.15, 0.2) is 0 Å². The molecule has 0 aliphatic heterocycles. The number of rotatable bonds is 8. The fourth-order valence-electron chi connectivity index (χ4n) is 1.11. The van der Waals surface area contributed by atoms with Crippen LogP contribution < -0.4 is 16.4 Å². The number of amides is 2. The monoisotopic (exact) mass is 261 g/mol. The van der Waals surface area contributed by atoms with Crippen LogP contribution in [0.25, 0.3) is 0 Å². The first-order valence-electron chi connectivity index (χ1n) is 5.78. The highest BCUT2D eigenvalue weighted by Crippen LogP contribution is 1.97. The number of hydrogen-bond donors (Lipinski definition) is 3. The molecule has 0 aliphatic carbocycles. The molecule has 7 heteroatoms. The minimum absolute atomic E-state index is 0.0272. The van der Waals surface area contributed by atoms with Crippen molar-refractivity contribution in [3.05, 3.63) is 0 Å². The molecule has 0 unspecified atom stereocenters. The molecule has 106 valence electrons. The molecule has 4 N–H and O–H groups in total. The number of methoxy groups -OCH3 is 2. The molecule has 0 aromatic rings. The van der Waals surface area contributed by atoms with Crippen molar-refractivity contribution in [2.24, 2.45) is 11.7 Å². The summed E-state index contributed by atoms with van der Waals surface area (Å²) in [6.07, 6.45) is -0.498. The van der Waals surface area contributed by atoms with E-state index in [1.165, 1.54) is 14.2 Å². The summed E-state index contributed by atoms with van der Waals surface area (Å²) in [5, 5.41) is 5.03. The normalized spacial score (nSPS) is 12.6. The van der Waals surface area contributed by atoms with E-state index >= 15 is 0 Å². The first-order valence-corrected chi connectivity index (χ1v) is 5.78. The smallest absolute Gasteiger partial charge is 0.239 e. The molecule has 0 aromatic heterocycles. The average molecular weight is 261 g/mol. The molecule has 1 atom stereocenters. The molecule has 0 saturated heterocycles. The third kappa shape index (κ3) is 6.53. The predicted octanol–water partition coefficient (Wildman–Crippen LogP) is -1.18. The molecule has 0 spiro atoms. The Morgan fingerprint density at radius 2 is 1.72 bits per heavy atom. The second kappa shape index (κ2) is 8.84. The van der Waals surface area contributed by atoms with E-state index in [0.29, 0.717) is 0 Å². The van der Waals surface area contributed by atoms with Crippen LogP contribution in [0.2, 0.25) is 0 Å². The fraction of sp³-hybridized carbons (Fsp3) is 0.818. The highest BCUT2D eigenvalue weighted by molar-refractivity contribution is 5.87. The minimum atomic E-state index is -0.608. The standard InChI is InChI=1S/C11H23N3O4/c1-7(2)10(12)11(16)14-5-8(15)13-6-9(17-3)18-4/h7,9-10H,5-6,12H2,1-4H3,(H,13,15)(H,14,16)/t10-/m0/s1. The van der Waals surface area contributed by atoms with Gasteiger partial charge < -0.3 is 25.8 Å². The minimum Gasteiger partial charge on any atom is -0.354 e. The molecular formula is C11H23N3O4. The Bertz CT molecular complexity index is 267. The Morgan fingerprint density at radius 3 is 2.17 bits per heavy atom. The summed E-state index contributed by atoms with van der Waals surface area (Å²) in [6, 6.07) is -0.608. The van der Waals surface area contributed by atoms with Crippen molar-refractivity contribution >= 4 is 11.8 Å². The molecule has 0 aliphatic rings. The summed E-state index contributed by atoms with van der Waals surface area (Å²) in [5.41, 5.74) is 5.63. The van der Waals surface area contributed by atoms with Gasteiger partial charge in [0.2, 0.25) is 11.8 Å². The number of ether oxygens (including phenoxy) is 2. The maximum atomic E-state index is 11.5. The lowest BCUT2D eigenvalue weighted by Crippen LogP contribution is -2.48. The number of nitrogens with two attached hydrogens (primary N) is 1. The first-order chi connectivity index (χ1) is 8.42. The topological polar surface area (TPSA) is 103 Å². The number of hydrogen-bond acceptors (Lipinski definition) is 5. The lowest BCUT2D eigenvalue weighted by Gasteiger charge is -2.16. The van der Waals surface area contributed by atoms with E-state index in [1.807, 2.05) is 13.8 Å². The van der Waals surface area contributed by atoms with Crippen LogP contribution in [0.5, 0.6) is 0 Å². The molecule has 0 aromatic carbocycles. The van der Waals surface area contributed by atoms with Crippen LogP contribution in [0.3, 0.4) is 0 Å². The van der Waals surface area contributed by atoms with Crippen molar-refractivity contribution < 1.29 is 19.1 Å². The fourth-order valence-corrected chi connectivity index (χ4v) is 1.11. The zero-order chi connectivity index (χ0) is 14.1. The zero-order valence-corrected chi connectivity index (χ0v) is 11.4. The predicted molar refractivity (Wildman–Crippen MR) is 66.6 cm³/mol. The van der Waals surface area contributed by atoms with Gasteiger partial charge in [0.1, 0.15) is 0 Å². The third-order valence-electron chi connectivity index (χ3n) is 2.44. The van der Waals surface area contributed by atoms with Gasteiger partial charge in [-0.05, 0) is 5.92 Å². The van der Waals surface area contributed by atoms with Crippen LogP contribution in [-0.4, -0.2) is 51.5 Å². The quantitative estimate of drug-likeness (QED) is 0.477. The Balaban J connectivity index is 3.87. The van der Waals surface area contributed by atoms with Gasteiger partial charge in [-0.25, -0.2) is 0 Å². The molecule has 0 fully saturated rings. The lowest BCUT2D eigenvalue weighted by molar-refractivity contribution is -0.130. The largest absolute Gasteiger partial charge is 0.354 e. The van der Waals surface area contributed by atoms with E-state index in [0.717, 1.165) is 0 Å². The lowest BCUT2D eigenvalue weighted by atomic mass is 10.1. The number of nitrogens with one attached hydrogen (secondary N) is 2.